The Bertz CT molecular complexity index is 411. The van der Waals surface area contributed by atoms with Gasteiger partial charge >= 0.3 is 18.0 Å². The summed E-state index contributed by atoms with van der Waals surface area (Å²) in [5.41, 5.74) is -1.79. The first-order valence-electron chi connectivity index (χ1n) is 6.20. The summed E-state index contributed by atoms with van der Waals surface area (Å²) in [5, 5.41) is 9.09. The third-order valence-electron chi connectivity index (χ3n) is 3.13. The van der Waals surface area contributed by atoms with E-state index in [9.17, 15) is 9.59 Å². The van der Waals surface area contributed by atoms with Crippen molar-refractivity contribution in [1.29, 1.82) is 5.26 Å². The fourth-order valence-electron chi connectivity index (χ4n) is 2.14. The van der Waals surface area contributed by atoms with E-state index in [1.165, 1.54) is 0 Å². The molecule has 1 aliphatic carbocycles. The van der Waals surface area contributed by atoms with Gasteiger partial charge in [0.1, 0.15) is 0 Å². The lowest BCUT2D eigenvalue weighted by Crippen LogP contribution is -2.51. The molecule has 19 heavy (non-hydrogen) atoms. The number of nitrogens with zero attached hydrogens (tertiary/aromatic N) is 2. The summed E-state index contributed by atoms with van der Waals surface area (Å²) < 4.78 is 9.85. The van der Waals surface area contributed by atoms with Crippen molar-refractivity contribution in [3.05, 3.63) is 11.4 Å². The minimum absolute atomic E-state index is 0.0862. The summed E-state index contributed by atoms with van der Waals surface area (Å²) in [6.07, 6.45) is 1.23. The lowest BCUT2D eigenvalue weighted by Gasteiger charge is -2.26. The summed E-state index contributed by atoms with van der Waals surface area (Å²) in [5.74, 6) is -1.98. The number of hydrogen-bond acceptors (Lipinski definition) is 5. The van der Waals surface area contributed by atoms with Gasteiger partial charge in [-0.05, 0) is 32.6 Å². The Labute approximate surface area is 112 Å². The number of rotatable bonds is 6. The minimum atomic E-state index is -1.79. The van der Waals surface area contributed by atoms with Crippen LogP contribution in [0.3, 0.4) is 0 Å². The van der Waals surface area contributed by atoms with Crippen LogP contribution in [0.5, 0.6) is 0 Å². The van der Waals surface area contributed by atoms with Gasteiger partial charge in [-0.3, -0.25) is 14.4 Å². The number of carbonyl (C=O) groups excluding carboxylic acids is 2. The zero-order valence-electron chi connectivity index (χ0n) is 11.0. The van der Waals surface area contributed by atoms with Gasteiger partial charge in [-0.15, -0.1) is 0 Å². The summed E-state index contributed by atoms with van der Waals surface area (Å²) in [6.45, 7) is 10.5. The molecule has 0 heterocycles. The second kappa shape index (κ2) is 6.19. The number of carbonyl (C=O) groups is 2. The quantitative estimate of drug-likeness (QED) is 0.410. The molecule has 6 nitrogen and oxygen atoms in total. The zero-order valence-corrected chi connectivity index (χ0v) is 11.0. The largest absolute Gasteiger partial charge is 0.465 e. The molecule has 102 valence electrons. The van der Waals surface area contributed by atoms with Crippen molar-refractivity contribution in [3.63, 3.8) is 0 Å². The molecule has 0 aromatic rings. The highest BCUT2D eigenvalue weighted by Crippen LogP contribution is 2.50. The predicted molar refractivity (Wildman–Crippen MR) is 64.4 cm³/mol. The molecular weight excluding hydrogens is 248 g/mol. The Morgan fingerprint density at radius 1 is 1.37 bits per heavy atom. The number of hydrogen-bond donors (Lipinski definition) is 0. The molecule has 6 heteroatoms. The number of nitriles is 1. The molecule has 1 atom stereocenters. The Morgan fingerprint density at radius 2 is 1.84 bits per heavy atom. The van der Waals surface area contributed by atoms with Crippen LogP contribution in [0.4, 0.5) is 0 Å². The monoisotopic (exact) mass is 264 g/mol. The van der Waals surface area contributed by atoms with Crippen LogP contribution in [-0.4, -0.2) is 31.2 Å². The van der Waals surface area contributed by atoms with Crippen molar-refractivity contribution in [2.75, 3.05) is 13.2 Å². The van der Waals surface area contributed by atoms with Gasteiger partial charge in [0.25, 0.3) is 5.41 Å². The molecule has 0 radical (unpaired) electrons. The standard InChI is InChI=1S/C13H16N2O4/c1-4-18-11(16)13(9-6-7-9,10(8-14)15-3)12(17)19-5-2/h9-10H,4-7H2,1-2H3. The number of esters is 2. The van der Waals surface area contributed by atoms with E-state index in [-0.39, 0.29) is 19.1 Å². The van der Waals surface area contributed by atoms with Gasteiger partial charge in [-0.1, -0.05) is 0 Å². The molecule has 0 N–H and O–H groups in total. The smallest absolute Gasteiger partial charge is 0.334 e. The van der Waals surface area contributed by atoms with Crippen molar-refractivity contribution in [1.82, 2.24) is 0 Å². The highest BCUT2D eigenvalue weighted by Gasteiger charge is 2.68. The van der Waals surface area contributed by atoms with Gasteiger partial charge in [0.05, 0.1) is 13.2 Å². The van der Waals surface area contributed by atoms with E-state index < -0.39 is 23.4 Å². The average Bonchev–Trinajstić information content (AvgIpc) is 3.20. The Kier molecular flexibility index (Phi) is 4.88. The second-order valence-corrected chi connectivity index (χ2v) is 4.24. The topological polar surface area (TPSA) is 80.8 Å². The van der Waals surface area contributed by atoms with E-state index in [0.29, 0.717) is 12.8 Å². The van der Waals surface area contributed by atoms with E-state index in [1.807, 2.05) is 0 Å². The third-order valence-corrected chi connectivity index (χ3v) is 3.13. The van der Waals surface area contributed by atoms with Crippen molar-refractivity contribution in [3.8, 4) is 6.07 Å². The van der Waals surface area contributed by atoms with E-state index in [2.05, 4.69) is 4.85 Å². The van der Waals surface area contributed by atoms with Crippen LogP contribution in [-0.2, 0) is 19.1 Å². The molecule has 0 bridgehead atoms. The molecule has 1 aliphatic rings. The average molecular weight is 264 g/mol. The second-order valence-electron chi connectivity index (χ2n) is 4.24. The van der Waals surface area contributed by atoms with E-state index in [1.54, 1.807) is 19.9 Å². The predicted octanol–water partition coefficient (Wildman–Crippen LogP) is 1.32. The van der Waals surface area contributed by atoms with Crippen molar-refractivity contribution in [2.24, 2.45) is 11.3 Å². The molecule has 0 spiro atoms. The molecular formula is C13H16N2O4. The summed E-state index contributed by atoms with van der Waals surface area (Å²) in [4.78, 5) is 27.5. The fourth-order valence-corrected chi connectivity index (χ4v) is 2.14. The fraction of sp³-hybridized carbons (Fsp3) is 0.692. The van der Waals surface area contributed by atoms with E-state index >= 15 is 0 Å². The molecule has 1 unspecified atom stereocenters. The van der Waals surface area contributed by atoms with Gasteiger partial charge in [0.15, 0.2) is 6.07 Å². The minimum Gasteiger partial charge on any atom is -0.465 e. The summed E-state index contributed by atoms with van der Waals surface area (Å²) in [7, 11) is 0. The van der Waals surface area contributed by atoms with Crippen LogP contribution in [0.2, 0.25) is 0 Å². The molecule has 1 saturated carbocycles. The molecule has 1 fully saturated rings. The maximum Gasteiger partial charge on any atom is 0.334 e. The first-order chi connectivity index (χ1) is 9.09. The lowest BCUT2D eigenvalue weighted by molar-refractivity contribution is -0.174. The van der Waals surface area contributed by atoms with Gasteiger partial charge in [-0.25, -0.2) is 6.57 Å². The van der Waals surface area contributed by atoms with Crippen LogP contribution in [0, 0.1) is 29.2 Å². The first kappa shape index (κ1) is 15.0. The zero-order chi connectivity index (χ0) is 14.5. The van der Waals surface area contributed by atoms with Crippen LogP contribution in [0.1, 0.15) is 26.7 Å². The third kappa shape index (κ3) is 2.53. The van der Waals surface area contributed by atoms with Crippen LogP contribution < -0.4 is 0 Å². The molecule has 0 aromatic carbocycles. The van der Waals surface area contributed by atoms with Crippen molar-refractivity contribution >= 4 is 11.9 Å². The van der Waals surface area contributed by atoms with Gasteiger partial charge in [-0.2, -0.15) is 5.26 Å². The SMILES string of the molecule is [C-]#[N+]C(C#N)C(C(=O)OCC)(C(=O)OCC)C1CC1. The summed E-state index contributed by atoms with van der Waals surface area (Å²) >= 11 is 0. The Hall–Kier alpha value is -2.08. The van der Waals surface area contributed by atoms with Crippen LogP contribution >= 0.6 is 0 Å². The lowest BCUT2D eigenvalue weighted by atomic mass is 9.76. The molecule has 1 rings (SSSR count). The maximum atomic E-state index is 12.2. The van der Waals surface area contributed by atoms with E-state index in [4.69, 9.17) is 21.3 Å². The van der Waals surface area contributed by atoms with Crippen molar-refractivity contribution < 1.29 is 19.1 Å². The van der Waals surface area contributed by atoms with Crippen LogP contribution in [0.25, 0.3) is 4.85 Å². The normalized spacial score (nSPS) is 15.8. The highest BCUT2D eigenvalue weighted by atomic mass is 16.6. The highest BCUT2D eigenvalue weighted by molar-refractivity contribution is 6.02. The molecule has 0 amide bonds. The van der Waals surface area contributed by atoms with Gasteiger partial charge in [0, 0.05) is 0 Å². The Morgan fingerprint density at radius 3 is 2.11 bits per heavy atom. The van der Waals surface area contributed by atoms with Gasteiger partial charge < -0.3 is 9.47 Å². The van der Waals surface area contributed by atoms with Crippen molar-refractivity contribution in [2.45, 2.75) is 32.7 Å². The maximum absolute atomic E-state index is 12.2. The van der Waals surface area contributed by atoms with Gasteiger partial charge in [0.2, 0.25) is 0 Å². The molecule has 0 saturated heterocycles. The molecule has 0 aliphatic heterocycles. The van der Waals surface area contributed by atoms with Crippen LogP contribution in [0.15, 0.2) is 0 Å². The van der Waals surface area contributed by atoms with E-state index in [0.717, 1.165) is 0 Å². The number of ether oxygens (including phenoxy) is 2. The molecule has 0 aromatic heterocycles. The summed E-state index contributed by atoms with van der Waals surface area (Å²) in [6, 6.07) is 0.332. The first-order valence-corrected chi connectivity index (χ1v) is 6.20. The Balaban J connectivity index is 3.26.